The zero-order chi connectivity index (χ0) is 17.6. The second kappa shape index (κ2) is 7.36. The van der Waals surface area contributed by atoms with Crippen LogP contribution < -0.4 is 4.74 Å². The van der Waals surface area contributed by atoms with Crippen molar-refractivity contribution in [3.63, 3.8) is 0 Å². The fourth-order valence-corrected chi connectivity index (χ4v) is 2.32. The number of aldehydes is 1. The molecule has 0 bridgehead atoms. The van der Waals surface area contributed by atoms with Gasteiger partial charge in [-0.25, -0.2) is 9.07 Å². The number of carbonyl (C=O) groups excluding carboxylic acids is 1. The summed E-state index contributed by atoms with van der Waals surface area (Å²) in [5.74, 6) is -0.225. The number of hydrogen-bond acceptors (Lipinski definition) is 5. The minimum atomic E-state index is -0.503. The van der Waals surface area contributed by atoms with Gasteiger partial charge in [-0.2, -0.15) is 5.26 Å². The van der Waals surface area contributed by atoms with E-state index in [1.807, 2.05) is 12.1 Å². The first-order chi connectivity index (χ1) is 12.2. The number of benzene rings is 2. The Balaban J connectivity index is 1.68. The number of aromatic nitrogens is 3. The third-order valence-corrected chi connectivity index (χ3v) is 3.53. The van der Waals surface area contributed by atoms with Crippen molar-refractivity contribution in [3.05, 3.63) is 76.9 Å². The molecule has 6 nitrogen and oxygen atoms in total. The maximum absolute atomic E-state index is 13.1. The number of nitrogens with zero attached hydrogens (tertiary/aromatic N) is 4. The molecule has 3 rings (SSSR count). The van der Waals surface area contributed by atoms with Gasteiger partial charge in [0, 0.05) is 0 Å². The van der Waals surface area contributed by atoms with E-state index in [1.165, 1.54) is 12.1 Å². The maximum Gasteiger partial charge on any atom is 0.153 e. The molecule has 1 aromatic heterocycles. The fourth-order valence-electron chi connectivity index (χ4n) is 2.32. The molecule has 2 aromatic carbocycles. The second-order valence-corrected chi connectivity index (χ2v) is 5.27. The fraction of sp³-hybridized carbons (Fsp3) is 0.111. The Hall–Kier alpha value is -3.53. The summed E-state index contributed by atoms with van der Waals surface area (Å²) in [6.45, 7) is 0.499. The van der Waals surface area contributed by atoms with Crippen molar-refractivity contribution in [3.8, 4) is 11.8 Å². The molecule has 0 N–H and O–H groups in total. The molecular weight excluding hydrogens is 323 g/mol. The number of ether oxygens (including phenoxy) is 1. The topological polar surface area (TPSA) is 80.8 Å². The third kappa shape index (κ3) is 3.87. The molecule has 7 heteroatoms. The van der Waals surface area contributed by atoms with Gasteiger partial charge in [0.2, 0.25) is 0 Å². The number of halogens is 1. The SMILES string of the molecule is N#Cc1ccccc1Cn1cc(COc2ccc(F)cc2C=O)nn1. The molecule has 0 spiro atoms. The summed E-state index contributed by atoms with van der Waals surface area (Å²) in [4.78, 5) is 11.0. The van der Waals surface area contributed by atoms with Crippen LogP contribution in [-0.2, 0) is 13.2 Å². The lowest BCUT2D eigenvalue weighted by atomic mass is 10.1. The normalized spacial score (nSPS) is 10.2. The molecule has 0 radical (unpaired) electrons. The maximum atomic E-state index is 13.1. The van der Waals surface area contributed by atoms with Crippen LogP contribution in [-0.4, -0.2) is 21.3 Å². The molecule has 1 heterocycles. The minimum absolute atomic E-state index is 0.0897. The van der Waals surface area contributed by atoms with E-state index in [1.54, 1.807) is 23.0 Å². The first-order valence-electron chi connectivity index (χ1n) is 7.44. The molecule has 0 saturated carbocycles. The summed E-state index contributed by atoms with van der Waals surface area (Å²) in [6, 6.07) is 13.1. The van der Waals surface area contributed by atoms with Crippen LogP contribution >= 0.6 is 0 Å². The van der Waals surface area contributed by atoms with E-state index in [-0.39, 0.29) is 17.9 Å². The Morgan fingerprint density at radius 2 is 2.12 bits per heavy atom. The molecule has 0 aliphatic heterocycles. The largest absolute Gasteiger partial charge is 0.486 e. The smallest absolute Gasteiger partial charge is 0.153 e. The van der Waals surface area contributed by atoms with Crippen LogP contribution in [0.2, 0.25) is 0 Å². The van der Waals surface area contributed by atoms with Crippen molar-refractivity contribution in [2.45, 2.75) is 13.2 Å². The van der Waals surface area contributed by atoms with Crippen LogP contribution in [0, 0.1) is 17.1 Å². The molecule has 0 amide bonds. The predicted octanol–water partition coefficient (Wildman–Crippen LogP) is 2.73. The number of nitriles is 1. The molecule has 0 atom stereocenters. The third-order valence-electron chi connectivity index (χ3n) is 3.53. The van der Waals surface area contributed by atoms with E-state index in [0.29, 0.717) is 24.1 Å². The Bertz CT molecular complexity index is 946. The minimum Gasteiger partial charge on any atom is -0.486 e. The summed E-state index contributed by atoms with van der Waals surface area (Å²) in [5.41, 5.74) is 2.10. The van der Waals surface area contributed by atoms with Crippen LogP contribution in [0.5, 0.6) is 5.75 Å². The van der Waals surface area contributed by atoms with Gasteiger partial charge >= 0.3 is 0 Å². The summed E-state index contributed by atoms with van der Waals surface area (Å²) >= 11 is 0. The Labute approximate surface area is 143 Å². The van der Waals surface area contributed by atoms with Gasteiger partial charge in [0.15, 0.2) is 6.29 Å². The van der Waals surface area contributed by atoms with Gasteiger partial charge in [-0.05, 0) is 29.8 Å². The summed E-state index contributed by atoms with van der Waals surface area (Å²) in [5, 5.41) is 17.1. The van der Waals surface area contributed by atoms with E-state index in [4.69, 9.17) is 10.00 Å². The van der Waals surface area contributed by atoms with Crippen molar-refractivity contribution >= 4 is 6.29 Å². The van der Waals surface area contributed by atoms with Crippen molar-refractivity contribution in [1.29, 1.82) is 5.26 Å². The highest BCUT2D eigenvalue weighted by Crippen LogP contribution is 2.19. The lowest BCUT2D eigenvalue weighted by Crippen LogP contribution is -2.02. The van der Waals surface area contributed by atoms with Crippen LogP contribution in [0.4, 0.5) is 4.39 Å². The average Bonchev–Trinajstić information content (AvgIpc) is 3.08. The van der Waals surface area contributed by atoms with Crippen molar-refractivity contribution in [2.75, 3.05) is 0 Å². The molecule has 0 aliphatic carbocycles. The van der Waals surface area contributed by atoms with Crippen molar-refractivity contribution < 1.29 is 13.9 Å². The Morgan fingerprint density at radius 3 is 2.92 bits per heavy atom. The molecule has 0 saturated heterocycles. The second-order valence-electron chi connectivity index (χ2n) is 5.27. The number of carbonyl (C=O) groups is 1. The standard InChI is InChI=1S/C18H13FN4O2/c19-16-5-6-18(15(7-16)11-24)25-12-17-10-23(22-21-17)9-14-4-2-1-3-13(14)8-20/h1-7,10-11H,9,12H2. The number of rotatable bonds is 6. The zero-order valence-electron chi connectivity index (χ0n) is 13.1. The molecule has 0 aliphatic rings. The van der Waals surface area contributed by atoms with E-state index < -0.39 is 5.82 Å². The monoisotopic (exact) mass is 336 g/mol. The Morgan fingerprint density at radius 1 is 1.28 bits per heavy atom. The van der Waals surface area contributed by atoms with Gasteiger partial charge in [0.1, 0.15) is 23.9 Å². The highest BCUT2D eigenvalue weighted by molar-refractivity contribution is 5.79. The van der Waals surface area contributed by atoms with Gasteiger partial charge in [-0.3, -0.25) is 4.79 Å². The van der Waals surface area contributed by atoms with Crippen molar-refractivity contribution in [1.82, 2.24) is 15.0 Å². The summed E-state index contributed by atoms with van der Waals surface area (Å²) < 4.78 is 20.2. The first kappa shape index (κ1) is 16.3. The quantitative estimate of drug-likeness (QED) is 0.647. The average molecular weight is 336 g/mol. The molecule has 0 fully saturated rings. The molecule has 3 aromatic rings. The van der Waals surface area contributed by atoms with E-state index in [0.717, 1.165) is 11.6 Å². The van der Waals surface area contributed by atoms with Crippen molar-refractivity contribution in [2.24, 2.45) is 0 Å². The van der Waals surface area contributed by atoms with Crippen LogP contribution in [0.3, 0.4) is 0 Å². The van der Waals surface area contributed by atoms with Gasteiger partial charge in [0.25, 0.3) is 0 Å². The highest BCUT2D eigenvalue weighted by atomic mass is 19.1. The molecule has 0 unspecified atom stereocenters. The zero-order valence-corrected chi connectivity index (χ0v) is 13.1. The molecule has 25 heavy (non-hydrogen) atoms. The van der Waals surface area contributed by atoms with E-state index in [2.05, 4.69) is 16.4 Å². The van der Waals surface area contributed by atoms with E-state index in [9.17, 15) is 9.18 Å². The lowest BCUT2D eigenvalue weighted by molar-refractivity contribution is 0.111. The van der Waals surface area contributed by atoms with Crippen LogP contribution in [0.25, 0.3) is 0 Å². The summed E-state index contributed by atoms with van der Waals surface area (Å²) in [6.07, 6.45) is 2.23. The predicted molar refractivity (Wildman–Crippen MR) is 86.4 cm³/mol. The van der Waals surface area contributed by atoms with Crippen LogP contribution in [0.1, 0.15) is 27.2 Å². The highest BCUT2D eigenvalue weighted by Gasteiger charge is 2.08. The van der Waals surface area contributed by atoms with Gasteiger partial charge in [-0.15, -0.1) is 5.10 Å². The first-order valence-corrected chi connectivity index (χ1v) is 7.44. The molecular formula is C18H13FN4O2. The lowest BCUT2D eigenvalue weighted by Gasteiger charge is -2.06. The van der Waals surface area contributed by atoms with Gasteiger partial charge in [0.05, 0.1) is 29.9 Å². The van der Waals surface area contributed by atoms with E-state index >= 15 is 0 Å². The number of hydrogen-bond donors (Lipinski definition) is 0. The van der Waals surface area contributed by atoms with Gasteiger partial charge in [-0.1, -0.05) is 23.4 Å². The molecule has 124 valence electrons. The van der Waals surface area contributed by atoms with Crippen LogP contribution in [0.15, 0.2) is 48.7 Å². The van der Waals surface area contributed by atoms with Gasteiger partial charge < -0.3 is 4.74 Å². The summed E-state index contributed by atoms with van der Waals surface area (Å²) in [7, 11) is 0. The Kier molecular flexibility index (Phi) is 4.81.